The van der Waals surface area contributed by atoms with Crippen molar-refractivity contribution in [1.82, 2.24) is 10.3 Å². The summed E-state index contributed by atoms with van der Waals surface area (Å²) in [6, 6.07) is 0. The van der Waals surface area contributed by atoms with Gasteiger partial charge in [-0.05, 0) is 11.1 Å². The Kier molecular flexibility index (Phi) is 2.06. The van der Waals surface area contributed by atoms with Crippen LogP contribution in [0.2, 0.25) is 0 Å². The number of aromatic nitrogens is 2. The lowest BCUT2D eigenvalue weighted by molar-refractivity contribution is 0.306. The predicted octanol–water partition coefficient (Wildman–Crippen LogP) is 1.08. The second-order valence-corrected chi connectivity index (χ2v) is 2.22. The molecule has 0 N–H and O–H groups in total. The van der Waals surface area contributed by atoms with Gasteiger partial charge in [0.05, 0.1) is 0 Å². The molecule has 0 bridgehead atoms. The summed E-state index contributed by atoms with van der Waals surface area (Å²) in [4.78, 5) is 0. The van der Waals surface area contributed by atoms with Gasteiger partial charge in [-0.25, -0.2) is 4.63 Å². The molecule has 3 heteroatoms. The summed E-state index contributed by atoms with van der Waals surface area (Å²) in [5.74, 6) is 6.10. The quantitative estimate of drug-likeness (QED) is 0.501. The van der Waals surface area contributed by atoms with Crippen LogP contribution in [0.3, 0.4) is 0 Å². The standard InChI is InChI=1S/C7H8N2O/c1-6(2)3-4-7-5-8-10-9-7/h5-6H,1-2H3. The summed E-state index contributed by atoms with van der Waals surface area (Å²) >= 11 is 0. The third-order valence-electron chi connectivity index (χ3n) is 0.850. The van der Waals surface area contributed by atoms with E-state index in [1.54, 1.807) is 0 Å². The molecular formula is C7H8N2O. The minimum Gasteiger partial charge on any atom is -0.243 e. The van der Waals surface area contributed by atoms with Crippen LogP contribution in [0.15, 0.2) is 10.8 Å². The van der Waals surface area contributed by atoms with E-state index >= 15 is 0 Å². The summed E-state index contributed by atoms with van der Waals surface area (Å²) in [6.45, 7) is 4.03. The van der Waals surface area contributed by atoms with E-state index < -0.39 is 0 Å². The third kappa shape index (κ3) is 1.90. The van der Waals surface area contributed by atoms with Crippen LogP contribution in [0.1, 0.15) is 19.5 Å². The minimum absolute atomic E-state index is 0.358. The molecule has 0 saturated heterocycles. The van der Waals surface area contributed by atoms with Crippen LogP contribution in [-0.2, 0) is 0 Å². The molecule has 0 radical (unpaired) electrons. The highest BCUT2D eigenvalue weighted by atomic mass is 16.6. The molecule has 0 aliphatic carbocycles. The van der Waals surface area contributed by atoms with Gasteiger partial charge in [-0.15, -0.1) is 0 Å². The molecule has 0 atom stereocenters. The molecule has 52 valence electrons. The van der Waals surface area contributed by atoms with E-state index in [0.717, 1.165) is 0 Å². The number of rotatable bonds is 0. The van der Waals surface area contributed by atoms with Gasteiger partial charge in [0.1, 0.15) is 6.20 Å². The Morgan fingerprint density at radius 1 is 1.60 bits per heavy atom. The minimum atomic E-state index is 0.358. The highest BCUT2D eigenvalue weighted by Gasteiger charge is 1.89. The summed E-state index contributed by atoms with van der Waals surface area (Å²) in [5.41, 5.74) is 0.591. The number of hydrogen-bond acceptors (Lipinski definition) is 3. The highest BCUT2D eigenvalue weighted by Crippen LogP contribution is 1.90. The maximum atomic E-state index is 4.34. The molecule has 1 rings (SSSR count). The lowest BCUT2D eigenvalue weighted by Crippen LogP contribution is -1.78. The van der Waals surface area contributed by atoms with E-state index in [9.17, 15) is 0 Å². The van der Waals surface area contributed by atoms with Gasteiger partial charge in [0, 0.05) is 5.92 Å². The Bertz CT molecular complexity index is 240. The SMILES string of the molecule is CC(C)C#Cc1cnon1. The van der Waals surface area contributed by atoms with Crippen LogP contribution >= 0.6 is 0 Å². The largest absolute Gasteiger partial charge is 0.243 e. The van der Waals surface area contributed by atoms with Crippen molar-refractivity contribution in [3.8, 4) is 11.8 Å². The van der Waals surface area contributed by atoms with E-state index in [1.807, 2.05) is 13.8 Å². The molecule has 10 heavy (non-hydrogen) atoms. The van der Waals surface area contributed by atoms with E-state index in [1.165, 1.54) is 6.20 Å². The van der Waals surface area contributed by atoms with Gasteiger partial charge < -0.3 is 0 Å². The van der Waals surface area contributed by atoms with Gasteiger partial charge >= 0.3 is 0 Å². The molecule has 0 unspecified atom stereocenters. The summed E-state index contributed by atoms with van der Waals surface area (Å²) in [7, 11) is 0. The van der Waals surface area contributed by atoms with E-state index in [2.05, 4.69) is 26.8 Å². The fourth-order valence-corrected chi connectivity index (χ4v) is 0.438. The zero-order valence-corrected chi connectivity index (χ0v) is 5.96. The first-order valence-electron chi connectivity index (χ1n) is 3.08. The Morgan fingerprint density at radius 3 is 2.90 bits per heavy atom. The second-order valence-electron chi connectivity index (χ2n) is 2.22. The molecule has 0 saturated carbocycles. The molecule has 0 aliphatic heterocycles. The van der Waals surface area contributed by atoms with Crippen molar-refractivity contribution in [1.29, 1.82) is 0 Å². The molecule has 1 aromatic heterocycles. The fourth-order valence-electron chi connectivity index (χ4n) is 0.438. The lowest BCUT2D eigenvalue weighted by Gasteiger charge is -1.83. The van der Waals surface area contributed by atoms with Gasteiger partial charge in [-0.3, -0.25) is 0 Å². The first kappa shape index (κ1) is 6.81. The zero-order chi connectivity index (χ0) is 7.40. The van der Waals surface area contributed by atoms with E-state index in [0.29, 0.717) is 11.6 Å². The molecule has 0 aromatic carbocycles. The van der Waals surface area contributed by atoms with Crippen LogP contribution in [0, 0.1) is 17.8 Å². The van der Waals surface area contributed by atoms with Crippen LogP contribution < -0.4 is 0 Å². The molecule has 3 nitrogen and oxygen atoms in total. The van der Waals surface area contributed by atoms with Crippen molar-refractivity contribution >= 4 is 0 Å². The summed E-state index contributed by atoms with van der Waals surface area (Å²) < 4.78 is 4.34. The first-order chi connectivity index (χ1) is 4.79. The smallest absolute Gasteiger partial charge is 0.177 e. The van der Waals surface area contributed by atoms with Gasteiger partial charge in [-0.2, -0.15) is 0 Å². The van der Waals surface area contributed by atoms with Gasteiger partial charge in [0.2, 0.25) is 0 Å². The monoisotopic (exact) mass is 136 g/mol. The Morgan fingerprint density at radius 2 is 2.40 bits per heavy atom. The van der Waals surface area contributed by atoms with Crippen molar-refractivity contribution < 1.29 is 4.63 Å². The van der Waals surface area contributed by atoms with Crippen molar-refractivity contribution in [2.45, 2.75) is 13.8 Å². The normalized spacial score (nSPS) is 9.10. The van der Waals surface area contributed by atoms with E-state index in [-0.39, 0.29) is 0 Å². The number of hydrogen-bond donors (Lipinski definition) is 0. The van der Waals surface area contributed by atoms with Gasteiger partial charge in [0.15, 0.2) is 5.69 Å². The zero-order valence-electron chi connectivity index (χ0n) is 5.96. The molecule has 0 aliphatic rings. The third-order valence-corrected chi connectivity index (χ3v) is 0.850. The Balaban J connectivity index is 2.66. The van der Waals surface area contributed by atoms with Crippen LogP contribution in [-0.4, -0.2) is 10.3 Å². The average Bonchev–Trinajstić information content (AvgIpc) is 2.34. The summed E-state index contributed by atoms with van der Waals surface area (Å²) in [5, 5.41) is 6.94. The Labute approximate surface area is 59.4 Å². The van der Waals surface area contributed by atoms with Crippen LogP contribution in [0.5, 0.6) is 0 Å². The van der Waals surface area contributed by atoms with E-state index in [4.69, 9.17) is 0 Å². The summed E-state index contributed by atoms with van der Waals surface area (Å²) in [6.07, 6.45) is 1.50. The van der Waals surface area contributed by atoms with Crippen LogP contribution in [0.25, 0.3) is 0 Å². The highest BCUT2D eigenvalue weighted by molar-refractivity contribution is 5.23. The predicted molar refractivity (Wildman–Crippen MR) is 36.0 cm³/mol. The van der Waals surface area contributed by atoms with Crippen molar-refractivity contribution in [2.75, 3.05) is 0 Å². The molecule has 1 heterocycles. The van der Waals surface area contributed by atoms with Crippen LogP contribution in [0.4, 0.5) is 0 Å². The van der Waals surface area contributed by atoms with Crippen molar-refractivity contribution in [3.63, 3.8) is 0 Å². The first-order valence-corrected chi connectivity index (χ1v) is 3.08. The van der Waals surface area contributed by atoms with Crippen molar-refractivity contribution in [3.05, 3.63) is 11.9 Å². The maximum absolute atomic E-state index is 4.34. The topological polar surface area (TPSA) is 38.9 Å². The molecule has 0 fully saturated rings. The van der Waals surface area contributed by atoms with Gasteiger partial charge in [-0.1, -0.05) is 24.9 Å². The lowest BCUT2D eigenvalue weighted by atomic mass is 10.2. The average molecular weight is 136 g/mol. The van der Waals surface area contributed by atoms with Gasteiger partial charge in [0.25, 0.3) is 0 Å². The second kappa shape index (κ2) is 3.02. The molecule has 0 spiro atoms. The fraction of sp³-hybridized carbons (Fsp3) is 0.429. The maximum Gasteiger partial charge on any atom is 0.177 e. The molecule has 0 amide bonds. The Hall–Kier alpha value is -1.30. The molecular weight excluding hydrogens is 128 g/mol. The number of nitrogens with zero attached hydrogens (tertiary/aromatic N) is 2. The van der Waals surface area contributed by atoms with Crippen molar-refractivity contribution in [2.24, 2.45) is 5.92 Å². The molecule has 1 aromatic rings.